The number of ether oxygens (including phenoxy) is 1. The Morgan fingerprint density at radius 3 is 2.43 bits per heavy atom. The summed E-state index contributed by atoms with van der Waals surface area (Å²) in [7, 11) is 1.66. The Morgan fingerprint density at radius 1 is 1.14 bits per heavy atom. The Bertz CT molecular complexity index is 587. The molecule has 0 aliphatic carbocycles. The number of benzene rings is 1. The predicted molar refractivity (Wildman–Crippen MR) is 79.7 cm³/mol. The SMILES string of the molecule is COc1ccc(N2CCN(C(=O)c3ccn[nH]3)CC2)cc1. The summed E-state index contributed by atoms with van der Waals surface area (Å²) in [5.41, 5.74) is 1.71. The van der Waals surface area contributed by atoms with Crippen LogP contribution in [0.4, 0.5) is 5.69 Å². The number of amides is 1. The van der Waals surface area contributed by atoms with Crippen molar-refractivity contribution in [1.82, 2.24) is 15.1 Å². The molecule has 1 aliphatic heterocycles. The molecule has 1 N–H and O–H groups in total. The predicted octanol–water partition coefficient (Wildman–Crippen LogP) is 1.38. The van der Waals surface area contributed by atoms with Gasteiger partial charge < -0.3 is 14.5 Å². The van der Waals surface area contributed by atoms with Crippen LogP contribution in [-0.2, 0) is 0 Å². The molecule has 1 amide bonds. The van der Waals surface area contributed by atoms with Crippen molar-refractivity contribution in [2.45, 2.75) is 0 Å². The van der Waals surface area contributed by atoms with Gasteiger partial charge in [-0.3, -0.25) is 9.89 Å². The summed E-state index contributed by atoms with van der Waals surface area (Å²) in [6.45, 7) is 3.08. The number of rotatable bonds is 3. The molecule has 1 saturated heterocycles. The molecule has 6 nitrogen and oxygen atoms in total. The van der Waals surface area contributed by atoms with Gasteiger partial charge in [0.1, 0.15) is 11.4 Å². The summed E-state index contributed by atoms with van der Waals surface area (Å²) in [5, 5.41) is 6.54. The highest BCUT2D eigenvalue weighted by molar-refractivity contribution is 5.92. The maximum absolute atomic E-state index is 12.2. The van der Waals surface area contributed by atoms with Crippen LogP contribution in [0.2, 0.25) is 0 Å². The molecule has 0 spiro atoms. The molecule has 1 aromatic carbocycles. The molecular formula is C15H18N4O2. The number of nitrogens with one attached hydrogen (secondary N) is 1. The number of aromatic amines is 1. The van der Waals surface area contributed by atoms with Crippen LogP contribution in [0.25, 0.3) is 0 Å². The molecule has 1 fully saturated rings. The van der Waals surface area contributed by atoms with Gasteiger partial charge in [0.2, 0.25) is 0 Å². The summed E-state index contributed by atoms with van der Waals surface area (Å²) in [5.74, 6) is 0.869. The van der Waals surface area contributed by atoms with Crippen LogP contribution in [0.3, 0.4) is 0 Å². The maximum Gasteiger partial charge on any atom is 0.271 e. The molecule has 0 atom stereocenters. The largest absolute Gasteiger partial charge is 0.497 e. The van der Waals surface area contributed by atoms with E-state index in [0.29, 0.717) is 18.8 Å². The van der Waals surface area contributed by atoms with E-state index in [2.05, 4.69) is 15.1 Å². The number of nitrogens with zero attached hydrogens (tertiary/aromatic N) is 3. The molecule has 0 unspecified atom stereocenters. The van der Waals surface area contributed by atoms with Crippen molar-refractivity contribution < 1.29 is 9.53 Å². The van der Waals surface area contributed by atoms with Gasteiger partial charge in [-0.05, 0) is 30.3 Å². The number of hydrogen-bond acceptors (Lipinski definition) is 4. The summed E-state index contributed by atoms with van der Waals surface area (Å²) in [6, 6.07) is 9.71. The zero-order chi connectivity index (χ0) is 14.7. The van der Waals surface area contributed by atoms with Crippen LogP contribution < -0.4 is 9.64 Å². The number of carbonyl (C=O) groups excluding carboxylic acids is 1. The third-order valence-corrected chi connectivity index (χ3v) is 3.74. The van der Waals surface area contributed by atoms with E-state index < -0.39 is 0 Å². The van der Waals surface area contributed by atoms with Crippen LogP contribution in [0.1, 0.15) is 10.5 Å². The van der Waals surface area contributed by atoms with Crippen LogP contribution >= 0.6 is 0 Å². The summed E-state index contributed by atoms with van der Waals surface area (Å²) in [4.78, 5) is 16.3. The molecule has 1 aromatic heterocycles. The number of piperazine rings is 1. The Morgan fingerprint density at radius 2 is 1.86 bits per heavy atom. The highest BCUT2D eigenvalue weighted by Gasteiger charge is 2.22. The quantitative estimate of drug-likeness (QED) is 0.926. The summed E-state index contributed by atoms with van der Waals surface area (Å²) in [6.07, 6.45) is 1.60. The molecule has 3 rings (SSSR count). The second-order valence-electron chi connectivity index (χ2n) is 4.95. The fraction of sp³-hybridized carbons (Fsp3) is 0.333. The Balaban J connectivity index is 1.60. The zero-order valence-electron chi connectivity index (χ0n) is 12.0. The Labute approximate surface area is 123 Å². The number of H-pyrrole nitrogens is 1. The lowest BCUT2D eigenvalue weighted by molar-refractivity contribution is 0.0741. The van der Waals surface area contributed by atoms with Crippen LogP contribution in [0.15, 0.2) is 36.5 Å². The van der Waals surface area contributed by atoms with E-state index in [1.54, 1.807) is 19.4 Å². The average molecular weight is 286 g/mol. The lowest BCUT2D eigenvalue weighted by atomic mass is 10.2. The molecule has 2 aromatic rings. The van der Waals surface area contributed by atoms with Gasteiger partial charge in [-0.25, -0.2) is 0 Å². The standard InChI is InChI=1S/C15H18N4O2/c1-21-13-4-2-12(3-5-13)18-8-10-19(11-9-18)15(20)14-6-7-16-17-14/h2-7H,8-11H2,1H3,(H,16,17). The van der Waals surface area contributed by atoms with E-state index in [9.17, 15) is 4.79 Å². The minimum atomic E-state index is 0.0156. The zero-order valence-corrected chi connectivity index (χ0v) is 12.0. The van der Waals surface area contributed by atoms with Gasteiger partial charge in [-0.1, -0.05) is 0 Å². The number of carbonyl (C=O) groups is 1. The molecule has 0 saturated carbocycles. The maximum atomic E-state index is 12.2. The first-order valence-electron chi connectivity index (χ1n) is 6.95. The highest BCUT2D eigenvalue weighted by Crippen LogP contribution is 2.20. The van der Waals surface area contributed by atoms with Gasteiger partial charge in [0.05, 0.1) is 7.11 Å². The Hall–Kier alpha value is -2.50. The van der Waals surface area contributed by atoms with E-state index in [4.69, 9.17) is 4.74 Å². The summed E-state index contributed by atoms with van der Waals surface area (Å²) < 4.78 is 5.17. The van der Waals surface area contributed by atoms with Gasteiger partial charge in [-0.2, -0.15) is 5.10 Å². The topological polar surface area (TPSA) is 61.5 Å². The van der Waals surface area contributed by atoms with Crippen LogP contribution in [0.5, 0.6) is 5.75 Å². The number of methoxy groups -OCH3 is 1. The number of aromatic nitrogens is 2. The molecule has 110 valence electrons. The Kier molecular flexibility index (Phi) is 3.77. The first kappa shape index (κ1) is 13.5. The second-order valence-corrected chi connectivity index (χ2v) is 4.95. The lowest BCUT2D eigenvalue weighted by Crippen LogP contribution is -2.48. The first-order chi connectivity index (χ1) is 10.3. The van der Waals surface area contributed by atoms with E-state index in [0.717, 1.165) is 24.5 Å². The van der Waals surface area contributed by atoms with Crippen LogP contribution in [0, 0.1) is 0 Å². The molecule has 1 aliphatic rings. The second kappa shape index (κ2) is 5.87. The lowest BCUT2D eigenvalue weighted by Gasteiger charge is -2.35. The minimum Gasteiger partial charge on any atom is -0.497 e. The van der Waals surface area contributed by atoms with Crippen molar-refractivity contribution >= 4 is 11.6 Å². The smallest absolute Gasteiger partial charge is 0.271 e. The van der Waals surface area contributed by atoms with Gasteiger partial charge >= 0.3 is 0 Å². The summed E-state index contributed by atoms with van der Waals surface area (Å²) >= 11 is 0. The van der Waals surface area contributed by atoms with E-state index in [-0.39, 0.29) is 5.91 Å². The van der Waals surface area contributed by atoms with Gasteiger partial charge in [-0.15, -0.1) is 0 Å². The van der Waals surface area contributed by atoms with Crippen molar-refractivity contribution in [3.63, 3.8) is 0 Å². The van der Waals surface area contributed by atoms with Crippen molar-refractivity contribution in [2.75, 3.05) is 38.2 Å². The minimum absolute atomic E-state index is 0.0156. The van der Waals surface area contributed by atoms with Crippen LogP contribution in [-0.4, -0.2) is 54.3 Å². The number of hydrogen-bond donors (Lipinski definition) is 1. The highest BCUT2D eigenvalue weighted by atomic mass is 16.5. The van der Waals surface area contributed by atoms with Crippen molar-refractivity contribution in [3.05, 3.63) is 42.2 Å². The number of anilines is 1. The van der Waals surface area contributed by atoms with Gasteiger partial charge in [0.15, 0.2) is 0 Å². The fourth-order valence-corrected chi connectivity index (χ4v) is 2.51. The normalized spacial score (nSPS) is 15.1. The third-order valence-electron chi connectivity index (χ3n) is 3.74. The van der Waals surface area contributed by atoms with E-state index in [1.807, 2.05) is 29.2 Å². The molecular weight excluding hydrogens is 268 g/mol. The molecule has 6 heteroatoms. The monoisotopic (exact) mass is 286 g/mol. The molecule has 21 heavy (non-hydrogen) atoms. The first-order valence-corrected chi connectivity index (χ1v) is 6.95. The average Bonchev–Trinajstić information content (AvgIpc) is 3.09. The third kappa shape index (κ3) is 2.84. The van der Waals surface area contributed by atoms with Crippen molar-refractivity contribution in [3.8, 4) is 5.75 Å². The molecule has 2 heterocycles. The van der Waals surface area contributed by atoms with Gasteiger partial charge in [0, 0.05) is 38.1 Å². The van der Waals surface area contributed by atoms with Gasteiger partial charge in [0.25, 0.3) is 5.91 Å². The molecule has 0 bridgehead atoms. The fourth-order valence-electron chi connectivity index (χ4n) is 2.51. The van der Waals surface area contributed by atoms with E-state index in [1.165, 1.54) is 0 Å². The molecule has 0 radical (unpaired) electrons. The van der Waals surface area contributed by atoms with Crippen molar-refractivity contribution in [2.24, 2.45) is 0 Å². The van der Waals surface area contributed by atoms with E-state index >= 15 is 0 Å². The van der Waals surface area contributed by atoms with Crippen molar-refractivity contribution in [1.29, 1.82) is 0 Å².